The van der Waals surface area contributed by atoms with Crippen molar-refractivity contribution < 1.29 is 4.79 Å². The zero-order chi connectivity index (χ0) is 19.2. The van der Waals surface area contributed by atoms with E-state index in [-0.39, 0.29) is 11.9 Å². The Bertz CT molecular complexity index is 748. The van der Waals surface area contributed by atoms with E-state index in [0.29, 0.717) is 13.0 Å². The van der Waals surface area contributed by atoms with Gasteiger partial charge in [-0.15, -0.1) is 0 Å². The van der Waals surface area contributed by atoms with E-state index in [4.69, 9.17) is 0 Å². The summed E-state index contributed by atoms with van der Waals surface area (Å²) in [5.41, 5.74) is 4.73. The second-order valence-corrected chi connectivity index (χ2v) is 7.71. The molecular formula is C23H31N3O. The highest BCUT2D eigenvalue weighted by atomic mass is 16.1. The molecule has 27 heavy (non-hydrogen) atoms. The summed E-state index contributed by atoms with van der Waals surface area (Å²) < 4.78 is 0. The molecule has 1 atom stereocenters. The molecule has 0 aliphatic carbocycles. The molecule has 0 bridgehead atoms. The van der Waals surface area contributed by atoms with Crippen LogP contribution in [0.1, 0.15) is 35.6 Å². The van der Waals surface area contributed by atoms with Crippen molar-refractivity contribution in [3.63, 3.8) is 0 Å². The quantitative estimate of drug-likeness (QED) is 0.815. The lowest BCUT2D eigenvalue weighted by atomic mass is 10.0. The number of amides is 1. The SMILES string of the molecule is Cc1cccc(CC(=O)NCC(c2ccc(N(C)C)cc2)N2CCCC2)c1. The lowest BCUT2D eigenvalue weighted by Gasteiger charge is -2.28. The first-order valence-electron chi connectivity index (χ1n) is 9.86. The van der Waals surface area contributed by atoms with Crippen LogP contribution in [0.25, 0.3) is 0 Å². The number of carbonyl (C=O) groups excluding carboxylic acids is 1. The summed E-state index contributed by atoms with van der Waals surface area (Å²) >= 11 is 0. The Kier molecular flexibility index (Phi) is 6.51. The molecule has 1 fully saturated rings. The Balaban J connectivity index is 1.65. The molecule has 0 saturated carbocycles. The lowest BCUT2D eigenvalue weighted by molar-refractivity contribution is -0.120. The predicted octanol–water partition coefficient (Wildman–Crippen LogP) is 3.56. The van der Waals surface area contributed by atoms with E-state index in [1.165, 1.54) is 29.7 Å². The molecule has 1 saturated heterocycles. The van der Waals surface area contributed by atoms with Gasteiger partial charge in [0, 0.05) is 26.3 Å². The van der Waals surface area contributed by atoms with E-state index < -0.39 is 0 Å². The number of benzene rings is 2. The van der Waals surface area contributed by atoms with Crippen molar-refractivity contribution in [3.05, 3.63) is 65.2 Å². The van der Waals surface area contributed by atoms with E-state index in [9.17, 15) is 4.79 Å². The molecule has 1 N–H and O–H groups in total. The van der Waals surface area contributed by atoms with Crippen LogP contribution in [0.2, 0.25) is 0 Å². The zero-order valence-corrected chi connectivity index (χ0v) is 16.7. The van der Waals surface area contributed by atoms with Crippen molar-refractivity contribution in [2.45, 2.75) is 32.2 Å². The highest BCUT2D eigenvalue weighted by Crippen LogP contribution is 2.26. The number of nitrogens with zero attached hydrogens (tertiary/aromatic N) is 2. The lowest BCUT2D eigenvalue weighted by Crippen LogP contribution is -2.37. The third-order valence-corrected chi connectivity index (χ3v) is 5.32. The summed E-state index contributed by atoms with van der Waals surface area (Å²) in [6.07, 6.45) is 2.92. The third kappa shape index (κ3) is 5.33. The molecule has 1 aliphatic heterocycles. The van der Waals surface area contributed by atoms with Crippen LogP contribution in [-0.2, 0) is 11.2 Å². The van der Waals surface area contributed by atoms with Crippen LogP contribution < -0.4 is 10.2 Å². The maximum atomic E-state index is 12.5. The molecule has 1 amide bonds. The number of nitrogens with one attached hydrogen (secondary N) is 1. The minimum Gasteiger partial charge on any atom is -0.378 e. The van der Waals surface area contributed by atoms with Crippen molar-refractivity contribution >= 4 is 11.6 Å². The van der Waals surface area contributed by atoms with Gasteiger partial charge in [-0.1, -0.05) is 42.0 Å². The summed E-state index contributed by atoms with van der Waals surface area (Å²) in [5, 5.41) is 3.17. The van der Waals surface area contributed by atoms with E-state index in [1.54, 1.807) is 0 Å². The largest absolute Gasteiger partial charge is 0.378 e. The number of hydrogen-bond acceptors (Lipinski definition) is 3. The van der Waals surface area contributed by atoms with Gasteiger partial charge in [0.1, 0.15) is 0 Å². The van der Waals surface area contributed by atoms with Gasteiger partial charge in [-0.25, -0.2) is 0 Å². The van der Waals surface area contributed by atoms with Gasteiger partial charge in [0.15, 0.2) is 0 Å². The molecule has 0 spiro atoms. The monoisotopic (exact) mass is 365 g/mol. The van der Waals surface area contributed by atoms with Crippen LogP contribution in [0, 0.1) is 6.92 Å². The zero-order valence-electron chi connectivity index (χ0n) is 16.7. The first-order valence-corrected chi connectivity index (χ1v) is 9.86. The molecule has 0 radical (unpaired) electrons. The van der Waals surface area contributed by atoms with Crippen LogP contribution in [0.3, 0.4) is 0 Å². The molecule has 144 valence electrons. The van der Waals surface area contributed by atoms with Crippen molar-refractivity contribution in [1.82, 2.24) is 10.2 Å². The van der Waals surface area contributed by atoms with Gasteiger partial charge < -0.3 is 10.2 Å². The minimum atomic E-state index is 0.0923. The van der Waals surface area contributed by atoms with Crippen LogP contribution >= 0.6 is 0 Å². The average Bonchev–Trinajstić information content (AvgIpc) is 3.17. The summed E-state index contributed by atoms with van der Waals surface area (Å²) in [6, 6.07) is 17.1. The standard InChI is InChI=1S/C23H31N3O/c1-18-7-6-8-19(15-18)16-23(27)24-17-22(26-13-4-5-14-26)20-9-11-21(12-10-20)25(2)3/h6-12,15,22H,4-5,13-14,16-17H2,1-3H3,(H,24,27). The molecule has 3 rings (SSSR count). The molecular weight excluding hydrogens is 334 g/mol. The van der Waals surface area contributed by atoms with Gasteiger partial charge in [0.2, 0.25) is 5.91 Å². The molecule has 1 unspecified atom stereocenters. The van der Waals surface area contributed by atoms with Crippen molar-refractivity contribution in [3.8, 4) is 0 Å². The number of rotatable bonds is 7. The fourth-order valence-corrected chi connectivity index (χ4v) is 3.79. The predicted molar refractivity (Wildman–Crippen MR) is 112 cm³/mol. The van der Waals surface area contributed by atoms with Crippen LogP contribution in [0.15, 0.2) is 48.5 Å². The number of likely N-dealkylation sites (tertiary alicyclic amines) is 1. The molecule has 1 heterocycles. The Morgan fingerprint density at radius 2 is 1.81 bits per heavy atom. The second kappa shape index (κ2) is 9.05. The molecule has 2 aromatic rings. The molecule has 4 nitrogen and oxygen atoms in total. The first-order chi connectivity index (χ1) is 13.0. The number of aryl methyl sites for hydroxylation is 1. The Hall–Kier alpha value is -2.33. The number of carbonyl (C=O) groups is 1. The Morgan fingerprint density at radius 3 is 2.44 bits per heavy atom. The third-order valence-electron chi connectivity index (χ3n) is 5.32. The fraction of sp³-hybridized carbons (Fsp3) is 0.435. The highest BCUT2D eigenvalue weighted by Gasteiger charge is 2.24. The molecule has 0 aromatic heterocycles. The molecule has 1 aliphatic rings. The van der Waals surface area contributed by atoms with Gasteiger partial charge >= 0.3 is 0 Å². The first kappa shape index (κ1) is 19.4. The van der Waals surface area contributed by atoms with Crippen LogP contribution in [0.4, 0.5) is 5.69 Å². The average molecular weight is 366 g/mol. The van der Waals surface area contributed by atoms with Gasteiger partial charge in [0.25, 0.3) is 0 Å². The second-order valence-electron chi connectivity index (χ2n) is 7.71. The van der Waals surface area contributed by atoms with E-state index >= 15 is 0 Å². The van der Waals surface area contributed by atoms with Gasteiger partial charge in [-0.2, -0.15) is 0 Å². The number of anilines is 1. The number of hydrogen-bond donors (Lipinski definition) is 1. The smallest absolute Gasteiger partial charge is 0.224 e. The van der Waals surface area contributed by atoms with E-state index in [0.717, 1.165) is 18.7 Å². The van der Waals surface area contributed by atoms with Crippen molar-refractivity contribution in [2.75, 3.05) is 38.6 Å². The van der Waals surface area contributed by atoms with Gasteiger partial charge in [-0.3, -0.25) is 9.69 Å². The summed E-state index contributed by atoms with van der Waals surface area (Å²) in [4.78, 5) is 17.1. The van der Waals surface area contributed by atoms with Gasteiger partial charge in [-0.05, 0) is 56.1 Å². The minimum absolute atomic E-state index is 0.0923. The molecule has 2 aromatic carbocycles. The normalized spacial score (nSPS) is 15.5. The van der Waals surface area contributed by atoms with Crippen LogP contribution in [0.5, 0.6) is 0 Å². The fourth-order valence-electron chi connectivity index (χ4n) is 3.79. The molecule has 4 heteroatoms. The highest BCUT2D eigenvalue weighted by molar-refractivity contribution is 5.78. The Morgan fingerprint density at radius 1 is 1.11 bits per heavy atom. The summed E-state index contributed by atoms with van der Waals surface area (Å²) in [5.74, 6) is 0.0923. The van der Waals surface area contributed by atoms with Crippen LogP contribution in [-0.4, -0.2) is 44.5 Å². The van der Waals surface area contributed by atoms with Crippen molar-refractivity contribution in [2.24, 2.45) is 0 Å². The van der Waals surface area contributed by atoms with E-state index in [1.807, 2.05) is 12.1 Å². The van der Waals surface area contributed by atoms with E-state index in [2.05, 4.69) is 72.5 Å². The topological polar surface area (TPSA) is 35.6 Å². The maximum absolute atomic E-state index is 12.5. The maximum Gasteiger partial charge on any atom is 0.224 e. The summed E-state index contributed by atoms with van der Waals surface area (Å²) in [6.45, 7) is 4.93. The van der Waals surface area contributed by atoms with Gasteiger partial charge in [0.05, 0.1) is 12.5 Å². The Labute approximate surface area is 163 Å². The summed E-state index contributed by atoms with van der Waals surface area (Å²) in [7, 11) is 4.11. The van der Waals surface area contributed by atoms with Crippen molar-refractivity contribution in [1.29, 1.82) is 0 Å².